The Morgan fingerprint density at radius 1 is 0.976 bits per heavy atom. The molecule has 1 aromatic carbocycles. The van der Waals surface area contributed by atoms with E-state index in [0.29, 0.717) is 42.9 Å². The lowest BCUT2D eigenvalue weighted by atomic mass is 10.0. The van der Waals surface area contributed by atoms with E-state index in [-0.39, 0.29) is 17.3 Å². The number of aryl methyl sites for hydroxylation is 1. The maximum atomic E-state index is 15.7. The summed E-state index contributed by atoms with van der Waals surface area (Å²) in [6, 6.07) is 3.20. The van der Waals surface area contributed by atoms with Crippen LogP contribution in [0.4, 0.5) is 34.9 Å². The first kappa shape index (κ1) is 29.5. The summed E-state index contributed by atoms with van der Waals surface area (Å²) >= 11 is 0. The lowest BCUT2D eigenvalue weighted by molar-refractivity contribution is -0.138. The Hall–Kier alpha value is -4.00. The quantitative estimate of drug-likeness (QED) is 0.444. The van der Waals surface area contributed by atoms with Gasteiger partial charge in [0.25, 0.3) is 11.5 Å². The van der Waals surface area contributed by atoms with Crippen LogP contribution in [0.1, 0.15) is 42.1 Å². The molecule has 224 valence electrons. The van der Waals surface area contributed by atoms with Crippen molar-refractivity contribution < 1.29 is 22.4 Å². The van der Waals surface area contributed by atoms with Gasteiger partial charge in [-0.1, -0.05) is 0 Å². The molecule has 9 nitrogen and oxygen atoms in total. The summed E-state index contributed by atoms with van der Waals surface area (Å²) in [5, 5.41) is 2.58. The third-order valence-corrected chi connectivity index (χ3v) is 8.00. The Morgan fingerprint density at radius 3 is 2.31 bits per heavy atom. The fourth-order valence-corrected chi connectivity index (χ4v) is 5.37. The van der Waals surface area contributed by atoms with Crippen LogP contribution in [0.2, 0.25) is 0 Å². The number of halogens is 4. The lowest BCUT2D eigenvalue weighted by Crippen LogP contribution is -2.50. The number of hydrogen-bond donors (Lipinski definition) is 1. The minimum atomic E-state index is -4.93. The molecule has 42 heavy (non-hydrogen) atoms. The van der Waals surface area contributed by atoms with Crippen LogP contribution in [-0.4, -0.2) is 71.2 Å². The van der Waals surface area contributed by atoms with Crippen LogP contribution in [0.25, 0.3) is 11.1 Å². The van der Waals surface area contributed by atoms with E-state index in [4.69, 9.17) is 0 Å². The molecule has 2 fully saturated rings. The van der Waals surface area contributed by atoms with E-state index in [1.807, 2.05) is 18.9 Å². The standard InChI is InChI=1S/C29H33F4N7O2/c1-18-16-40(10-9-37(18)2)25-13-23(30)20(19-14-34-28(35-15-19)39-7-5-4-6-8-39)11-24(25)36-27(42)21-17-38(3)26(41)12-22(21)29(31,32)33/h11-15,17-18H,4-10,16H2,1-3H3,(H,36,42)/t18-/m0/s1. The average Bonchev–Trinajstić information content (AvgIpc) is 2.96. The molecule has 0 bridgehead atoms. The fraction of sp³-hybridized carbons (Fsp3) is 0.448. The van der Waals surface area contributed by atoms with Gasteiger partial charge in [-0.25, -0.2) is 14.4 Å². The maximum absolute atomic E-state index is 15.7. The first-order valence-corrected chi connectivity index (χ1v) is 13.9. The van der Waals surface area contributed by atoms with Crippen molar-refractivity contribution in [1.82, 2.24) is 19.4 Å². The molecule has 0 radical (unpaired) electrons. The van der Waals surface area contributed by atoms with Crippen molar-refractivity contribution in [3.05, 3.63) is 64.1 Å². The maximum Gasteiger partial charge on any atom is 0.417 e. The number of rotatable bonds is 5. The normalized spacial score (nSPS) is 18.3. The summed E-state index contributed by atoms with van der Waals surface area (Å²) in [6.07, 6.45) is 2.17. The van der Waals surface area contributed by atoms with Gasteiger partial charge in [-0.2, -0.15) is 13.2 Å². The molecule has 0 unspecified atom stereocenters. The van der Waals surface area contributed by atoms with Gasteiger partial charge < -0.3 is 24.6 Å². The van der Waals surface area contributed by atoms with Crippen LogP contribution >= 0.6 is 0 Å². The van der Waals surface area contributed by atoms with Gasteiger partial charge in [-0.3, -0.25) is 9.59 Å². The molecule has 5 rings (SSSR count). The SMILES string of the molecule is C[C@H]1CN(c2cc(F)c(-c3cnc(N4CCCCC4)nc3)cc2NC(=O)c2cn(C)c(=O)cc2C(F)(F)F)CCN1C. The van der Waals surface area contributed by atoms with E-state index in [2.05, 4.69) is 25.1 Å². The largest absolute Gasteiger partial charge is 0.417 e. The van der Waals surface area contributed by atoms with Crippen LogP contribution < -0.4 is 20.7 Å². The van der Waals surface area contributed by atoms with Crippen LogP contribution in [-0.2, 0) is 13.2 Å². The van der Waals surface area contributed by atoms with E-state index in [1.54, 1.807) is 0 Å². The van der Waals surface area contributed by atoms with E-state index in [0.717, 1.165) is 43.1 Å². The van der Waals surface area contributed by atoms with Gasteiger partial charge in [0.2, 0.25) is 5.95 Å². The smallest absolute Gasteiger partial charge is 0.367 e. The Balaban J connectivity index is 1.55. The van der Waals surface area contributed by atoms with Gasteiger partial charge in [0.05, 0.1) is 22.5 Å². The number of carbonyl (C=O) groups is 1. The van der Waals surface area contributed by atoms with E-state index in [1.165, 1.54) is 31.6 Å². The molecule has 0 aliphatic carbocycles. The lowest BCUT2D eigenvalue weighted by Gasteiger charge is -2.39. The molecule has 2 aliphatic heterocycles. The van der Waals surface area contributed by atoms with Crippen LogP contribution in [0, 0.1) is 5.82 Å². The molecule has 4 heterocycles. The first-order valence-electron chi connectivity index (χ1n) is 13.9. The average molecular weight is 588 g/mol. The number of piperidine rings is 1. The van der Waals surface area contributed by atoms with Crippen molar-refractivity contribution in [1.29, 1.82) is 0 Å². The molecule has 1 N–H and O–H groups in total. The second-order valence-corrected chi connectivity index (χ2v) is 10.9. The summed E-state index contributed by atoms with van der Waals surface area (Å²) < 4.78 is 58.0. The molecule has 3 aromatic rings. The highest BCUT2D eigenvalue weighted by atomic mass is 19.4. The van der Waals surface area contributed by atoms with Gasteiger partial charge in [0.1, 0.15) is 5.82 Å². The zero-order valence-electron chi connectivity index (χ0n) is 23.7. The number of hydrogen-bond acceptors (Lipinski definition) is 7. The Bertz CT molecular complexity index is 1520. The minimum Gasteiger partial charge on any atom is -0.367 e. The van der Waals surface area contributed by atoms with Gasteiger partial charge in [-0.05, 0) is 45.4 Å². The summed E-state index contributed by atoms with van der Waals surface area (Å²) in [5.74, 6) is -1.11. The molecule has 2 saturated heterocycles. The highest BCUT2D eigenvalue weighted by molar-refractivity contribution is 6.07. The summed E-state index contributed by atoms with van der Waals surface area (Å²) in [7, 11) is 3.24. The van der Waals surface area contributed by atoms with Crippen molar-refractivity contribution in [3.63, 3.8) is 0 Å². The number of nitrogens with zero attached hydrogens (tertiary/aromatic N) is 6. The molecule has 2 aliphatic rings. The number of anilines is 3. The third-order valence-electron chi connectivity index (χ3n) is 8.00. The number of aromatic nitrogens is 3. The molecule has 1 amide bonds. The number of benzene rings is 1. The fourth-order valence-electron chi connectivity index (χ4n) is 5.37. The van der Waals surface area contributed by atoms with Crippen molar-refractivity contribution in [2.24, 2.45) is 7.05 Å². The van der Waals surface area contributed by atoms with Gasteiger partial charge >= 0.3 is 6.18 Å². The Kier molecular flexibility index (Phi) is 8.22. The van der Waals surface area contributed by atoms with Gasteiger partial charge in [0, 0.05) is 81.6 Å². The second kappa shape index (κ2) is 11.7. The van der Waals surface area contributed by atoms with Crippen molar-refractivity contribution >= 4 is 23.2 Å². The number of piperazine rings is 1. The second-order valence-electron chi connectivity index (χ2n) is 10.9. The highest BCUT2D eigenvalue weighted by Gasteiger charge is 2.36. The molecular formula is C29H33F4N7O2. The van der Waals surface area contributed by atoms with Crippen molar-refractivity contribution in [2.75, 3.05) is 54.9 Å². The summed E-state index contributed by atoms with van der Waals surface area (Å²) in [6.45, 7) is 5.39. The predicted octanol–water partition coefficient (Wildman–Crippen LogP) is 4.38. The molecule has 0 saturated carbocycles. The number of nitrogens with one attached hydrogen (secondary N) is 1. The topological polar surface area (TPSA) is 86.6 Å². The van der Waals surface area contributed by atoms with E-state index >= 15 is 4.39 Å². The monoisotopic (exact) mass is 587 g/mol. The first-order chi connectivity index (χ1) is 19.9. The number of likely N-dealkylation sites (N-methyl/N-ethyl adjacent to an activating group) is 1. The van der Waals surface area contributed by atoms with Crippen molar-refractivity contribution in [3.8, 4) is 11.1 Å². The molecular weight excluding hydrogens is 554 g/mol. The van der Waals surface area contributed by atoms with Crippen LogP contribution in [0.5, 0.6) is 0 Å². The summed E-state index contributed by atoms with van der Waals surface area (Å²) in [5.41, 5.74) is -2.03. The third kappa shape index (κ3) is 6.10. The number of alkyl halides is 3. The van der Waals surface area contributed by atoms with Crippen molar-refractivity contribution in [2.45, 2.75) is 38.4 Å². The molecule has 13 heteroatoms. The van der Waals surface area contributed by atoms with Crippen LogP contribution in [0.15, 0.2) is 41.6 Å². The van der Waals surface area contributed by atoms with Crippen LogP contribution in [0.3, 0.4) is 0 Å². The van der Waals surface area contributed by atoms with Gasteiger partial charge in [-0.15, -0.1) is 0 Å². The summed E-state index contributed by atoms with van der Waals surface area (Å²) in [4.78, 5) is 40.3. The van der Waals surface area contributed by atoms with E-state index < -0.39 is 34.6 Å². The van der Waals surface area contributed by atoms with E-state index in [9.17, 15) is 22.8 Å². The predicted molar refractivity (Wildman–Crippen MR) is 152 cm³/mol. The van der Waals surface area contributed by atoms with Gasteiger partial charge in [0.15, 0.2) is 0 Å². The Labute approximate surface area is 240 Å². The molecule has 1 atom stereocenters. The number of carbonyl (C=O) groups excluding carboxylic acids is 1. The Morgan fingerprint density at radius 2 is 1.67 bits per heavy atom. The molecule has 2 aromatic heterocycles. The highest BCUT2D eigenvalue weighted by Crippen LogP contribution is 2.37. The molecule has 0 spiro atoms. The zero-order chi connectivity index (χ0) is 30.2. The number of amides is 1. The zero-order valence-corrected chi connectivity index (χ0v) is 23.7. The minimum absolute atomic E-state index is 0.0953. The number of pyridine rings is 1.